The third kappa shape index (κ3) is 8.50. The van der Waals surface area contributed by atoms with Crippen molar-refractivity contribution in [1.82, 2.24) is 5.32 Å². The number of alkyl carbamates (subject to hydrolysis) is 1. The number of aliphatic carboxylic acids is 1. The first-order chi connectivity index (χ1) is 7.61. The maximum atomic E-state index is 11.3. The molecule has 6 heteroatoms. The zero-order valence-corrected chi connectivity index (χ0v) is 10.8. The molecule has 2 unspecified atom stereocenters. The summed E-state index contributed by atoms with van der Waals surface area (Å²) in [6.07, 6.45) is -0.635. The van der Waals surface area contributed by atoms with E-state index < -0.39 is 23.7 Å². The van der Waals surface area contributed by atoms with Gasteiger partial charge < -0.3 is 20.9 Å². The number of nitrogens with two attached hydrogens (primary N) is 1. The van der Waals surface area contributed by atoms with Crippen molar-refractivity contribution in [2.45, 2.75) is 45.8 Å². The first-order valence-corrected chi connectivity index (χ1v) is 5.56. The quantitative estimate of drug-likeness (QED) is 0.670. The van der Waals surface area contributed by atoms with Gasteiger partial charge in [0.1, 0.15) is 5.60 Å². The third-order valence-electron chi connectivity index (χ3n) is 2.11. The molecule has 6 nitrogen and oxygen atoms in total. The van der Waals surface area contributed by atoms with Gasteiger partial charge in [-0.15, -0.1) is 0 Å². The van der Waals surface area contributed by atoms with Crippen LogP contribution in [0.15, 0.2) is 0 Å². The Balaban J connectivity index is 3.95. The highest BCUT2D eigenvalue weighted by Gasteiger charge is 2.19. The molecule has 0 spiro atoms. The van der Waals surface area contributed by atoms with Gasteiger partial charge in [0, 0.05) is 12.6 Å². The Bertz CT molecular complexity index is 273. The van der Waals surface area contributed by atoms with Crippen LogP contribution in [0.1, 0.15) is 34.1 Å². The minimum absolute atomic E-state index is 0.114. The lowest BCUT2D eigenvalue weighted by atomic mass is 10.00. The first kappa shape index (κ1) is 15.7. The smallest absolute Gasteiger partial charge is 0.407 e. The van der Waals surface area contributed by atoms with Gasteiger partial charge in [0.2, 0.25) is 0 Å². The highest BCUT2D eigenvalue weighted by molar-refractivity contribution is 5.68. The van der Waals surface area contributed by atoms with Crippen LogP contribution in [0.2, 0.25) is 0 Å². The van der Waals surface area contributed by atoms with Gasteiger partial charge in [-0.05, 0) is 26.7 Å². The van der Waals surface area contributed by atoms with Crippen LogP contribution in [-0.2, 0) is 9.53 Å². The molecule has 0 saturated carbocycles. The molecular formula is C11H22N2O4. The molecule has 17 heavy (non-hydrogen) atoms. The fourth-order valence-corrected chi connectivity index (χ4v) is 1.11. The van der Waals surface area contributed by atoms with Gasteiger partial charge in [-0.2, -0.15) is 0 Å². The minimum atomic E-state index is -0.943. The van der Waals surface area contributed by atoms with Crippen molar-refractivity contribution in [3.8, 4) is 0 Å². The predicted molar refractivity (Wildman–Crippen MR) is 63.6 cm³/mol. The number of hydrogen-bond acceptors (Lipinski definition) is 4. The number of ether oxygens (including phenoxy) is 1. The summed E-state index contributed by atoms with van der Waals surface area (Å²) < 4.78 is 5.04. The van der Waals surface area contributed by atoms with Gasteiger partial charge in [-0.25, -0.2) is 4.79 Å². The summed E-state index contributed by atoms with van der Waals surface area (Å²) in [4.78, 5) is 21.8. The van der Waals surface area contributed by atoms with Gasteiger partial charge in [-0.3, -0.25) is 4.79 Å². The standard InChI is InChI=1S/C11H22N2O4/c1-7(8(12)5-9(14)15)6-13-10(16)17-11(2,3)4/h7-8H,5-6,12H2,1-4H3,(H,13,16)(H,14,15). The fraction of sp³-hybridized carbons (Fsp3) is 0.818. The zero-order valence-electron chi connectivity index (χ0n) is 10.8. The van der Waals surface area contributed by atoms with E-state index in [2.05, 4.69) is 5.32 Å². The molecule has 0 aromatic heterocycles. The van der Waals surface area contributed by atoms with Crippen molar-refractivity contribution in [2.24, 2.45) is 11.7 Å². The summed E-state index contributed by atoms with van der Waals surface area (Å²) in [5.41, 5.74) is 5.11. The SMILES string of the molecule is CC(CNC(=O)OC(C)(C)C)C(N)CC(=O)O. The number of nitrogens with one attached hydrogen (secondary N) is 1. The molecule has 0 aliphatic heterocycles. The third-order valence-corrected chi connectivity index (χ3v) is 2.11. The number of carboxylic acid groups (broad SMARTS) is 1. The fourth-order valence-electron chi connectivity index (χ4n) is 1.11. The lowest BCUT2D eigenvalue weighted by molar-refractivity contribution is -0.137. The van der Waals surface area contributed by atoms with Crippen molar-refractivity contribution >= 4 is 12.1 Å². The molecule has 0 aliphatic carbocycles. The van der Waals surface area contributed by atoms with Gasteiger partial charge in [0.15, 0.2) is 0 Å². The van der Waals surface area contributed by atoms with Gasteiger partial charge >= 0.3 is 12.1 Å². The van der Waals surface area contributed by atoms with Crippen molar-refractivity contribution in [1.29, 1.82) is 0 Å². The second-order valence-electron chi connectivity index (χ2n) is 5.12. The van der Waals surface area contributed by atoms with E-state index >= 15 is 0 Å². The Morgan fingerprint density at radius 3 is 2.35 bits per heavy atom. The summed E-state index contributed by atoms with van der Waals surface area (Å²) in [7, 11) is 0. The van der Waals surface area contributed by atoms with Crippen LogP contribution in [-0.4, -0.2) is 35.4 Å². The summed E-state index contributed by atoms with van der Waals surface area (Å²) in [6, 6.07) is -0.484. The number of amides is 1. The maximum absolute atomic E-state index is 11.3. The van der Waals surface area contributed by atoms with E-state index in [0.717, 1.165) is 0 Å². The van der Waals surface area contributed by atoms with Gasteiger partial charge in [0.25, 0.3) is 0 Å². The summed E-state index contributed by atoms with van der Waals surface area (Å²) in [5.74, 6) is -1.07. The Kier molecular flexibility index (Phi) is 5.95. The van der Waals surface area contributed by atoms with Crippen molar-refractivity contribution in [3.05, 3.63) is 0 Å². The molecule has 0 saturated heterocycles. The second-order valence-corrected chi connectivity index (χ2v) is 5.12. The van der Waals surface area contributed by atoms with Crippen LogP contribution < -0.4 is 11.1 Å². The first-order valence-electron chi connectivity index (χ1n) is 5.56. The lowest BCUT2D eigenvalue weighted by Gasteiger charge is -2.22. The molecule has 100 valence electrons. The summed E-state index contributed by atoms with van der Waals surface area (Å²) in [5, 5.41) is 11.1. The molecule has 0 fully saturated rings. The molecule has 0 bridgehead atoms. The number of carbonyl (C=O) groups is 2. The Labute approximate surface area is 102 Å². The van der Waals surface area contributed by atoms with Gasteiger partial charge in [-0.1, -0.05) is 6.92 Å². The largest absolute Gasteiger partial charge is 0.481 e. The molecule has 0 rings (SSSR count). The minimum Gasteiger partial charge on any atom is -0.481 e. The average Bonchev–Trinajstić information content (AvgIpc) is 2.10. The molecule has 0 aliphatic rings. The van der Waals surface area contributed by atoms with Crippen LogP contribution in [0.25, 0.3) is 0 Å². The summed E-state index contributed by atoms with van der Waals surface area (Å²) >= 11 is 0. The monoisotopic (exact) mass is 246 g/mol. The normalized spacial score (nSPS) is 14.9. The van der Waals surface area contributed by atoms with Gasteiger partial charge in [0.05, 0.1) is 6.42 Å². The molecule has 2 atom stereocenters. The maximum Gasteiger partial charge on any atom is 0.407 e. The highest BCUT2D eigenvalue weighted by Crippen LogP contribution is 2.07. The van der Waals surface area contributed by atoms with Crippen LogP contribution in [0.4, 0.5) is 4.79 Å². The molecule has 0 heterocycles. The second kappa shape index (κ2) is 6.44. The highest BCUT2D eigenvalue weighted by atomic mass is 16.6. The van der Waals surface area contributed by atoms with E-state index in [4.69, 9.17) is 15.6 Å². The topological polar surface area (TPSA) is 102 Å². The van der Waals surface area contributed by atoms with E-state index in [1.54, 1.807) is 27.7 Å². The molecule has 0 aromatic carbocycles. The molecule has 0 radical (unpaired) electrons. The summed E-state index contributed by atoms with van der Waals surface area (Å²) in [6.45, 7) is 7.39. The number of carbonyl (C=O) groups excluding carboxylic acids is 1. The van der Waals surface area contributed by atoms with Crippen LogP contribution in [0.5, 0.6) is 0 Å². The van der Waals surface area contributed by atoms with Crippen molar-refractivity contribution < 1.29 is 19.4 Å². The van der Waals surface area contributed by atoms with Crippen LogP contribution in [0.3, 0.4) is 0 Å². The number of carboxylic acids is 1. The molecular weight excluding hydrogens is 224 g/mol. The van der Waals surface area contributed by atoms with E-state index in [-0.39, 0.29) is 12.3 Å². The Morgan fingerprint density at radius 2 is 1.94 bits per heavy atom. The number of rotatable bonds is 5. The van der Waals surface area contributed by atoms with E-state index in [1.165, 1.54) is 0 Å². The van der Waals surface area contributed by atoms with E-state index in [0.29, 0.717) is 6.54 Å². The van der Waals surface area contributed by atoms with Crippen LogP contribution in [0, 0.1) is 5.92 Å². The lowest BCUT2D eigenvalue weighted by Crippen LogP contribution is -2.40. The predicted octanol–water partition coefficient (Wildman–Crippen LogP) is 0.949. The molecule has 0 aromatic rings. The van der Waals surface area contributed by atoms with E-state index in [1.807, 2.05) is 0 Å². The Hall–Kier alpha value is -1.30. The number of hydrogen-bond donors (Lipinski definition) is 3. The molecule has 1 amide bonds. The van der Waals surface area contributed by atoms with Crippen molar-refractivity contribution in [3.63, 3.8) is 0 Å². The average molecular weight is 246 g/mol. The molecule has 4 N–H and O–H groups in total. The zero-order chi connectivity index (χ0) is 13.6. The van der Waals surface area contributed by atoms with E-state index in [9.17, 15) is 9.59 Å². The van der Waals surface area contributed by atoms with Crippen molar-refractivity contribution in [2.75, 3.05) is 6.54 Å². The Morgan fingerprint density at radius 1 is 1.41 bits per heavy atom. The van der Waals surface area contributed by atoms with Crippen LogP contribution >= 0.6 is 0 Å².